The molecular formula is C19H20O. The minimum atomic E-state index is -0.446. The molecule has 102 valence electrons. The monoisotopic (exact) mass is 264 g/mol. The third kappa shape index (κ3) is 1.59. The summed E-state index contributed by atoms with van der Waals surface area (Å²) in [5.41, 5.74) is 3.13. The Morgan fingerprint density at radius 2 is 1.60 bits per heavy atom. The molecule has 0 heterocycles. The molecule has 0 amide bonds. The molecule has 0 unspecified atom stereocenters. The normalized spacial score (nSPS) is 24.7. The van der Waals surface area contributed by atoms with Crippen molar-refractivity contribution in [2.24, 2.45) is 0 Å². The molecular weight excluding hydrogens is 244 g/mol. The van der Waals surface area contributed by atoms with Gasteiger partial charge in [-0.3, -0.25) is 4.79 Å². The maximum atomic E-state index is 13.1. The van der Waals surface area contributed by atoms with E-state index in [-0.39, 0.29) is 5.92 Å². The second-order valence-corrected chi connectivity index (χ2v) is 5.54. The van der Waals surface area contributed by atoms with Gasteiger partial charge in [0.05, 0.1) is 5.41 Å². The Bertz CT molecular complexity index is 629. The van der Waals surface area contributed by atoms with Crippen LogP contribution in [-0.2, 0) is 10.2 Å². The standard InChI is InChI=1S/C19H20O/c1-3-15-16-12-8-9-13-17(16)19(4-2,18(15)20)14-10-6-5-7-11-14/h5-13,15H,3-4H2,1-2H3/t15-,19+/m1/s1. The van der Waals surface area contributed by atoms with Crippen LogP contribution < -0.4 is 0 Å². The van der Waals surface area contributed by atoms with Crippen LogP contribution in [0.1, 0.15) is 49.3 Å². The summed E-state index contributed by atoms with van der Waals surface area (Å²) in [7, 11) is 0. The summed E-state index contributed by atoms with van der Waals surface area (Å²) in [6, 6.07) is 18.6. The Morgan fingerprint density at radius 1 is 0.950 bits per heavy atom. The summed E-state index contributed by atoms with van der Waals surface area (Å²) in [4.78, 5) is 13.1. The minimum absolute atomic E-state index is 0.0476. The highest BCUT2D eigenvalue weighted by molar-refractivity contribution is 6.03. The molecule has 0 aromatic heterocycles. The first-order chi connectivity index (χ1) is 9.75. The quantitative estimate of drug-likeness (QED) is 0.800. The fourth-order valence-electron chi connectivity index (χ4n) is 3.76. The zero-order valence-electron chi connectivity index (χ0n) is 12.1. The van der Waals surface area contributed by atoms with Gasteiger partial charge in [-0.15, -0.1) is 0 Å². The van der Waals surface area contributed by atoms with Crippen LogP contribution >= 0.6 is 0 Å². The van der Waals surface area contributed by atoms with Crippen LogP contribution in [0.3, 0.4) is 0 Å². The molecule has 0 bridgehead atoms. The SMILES string of the molecule is CC[C@H]1C(=O)[C@@](CC)(c2ccccc2)c2ccccc21. The van der Waals surface area contributed by atoms with Crippen molar-refractivity contribution in [3.05, 3.63) is 71.3 Å². The molecule has 0 saturated carbocycles. The molecule has 0 aliphatic heterocycles. The molecule has 1 nitrogen and oxygen atoms in total. The first kappa shape index (κ1) is 13.1. The molecule has 0 spiro atoms. The number of hydrogen-bond donors (Lipinski definition) is 0. The van der Waals surface area contributed by atoms with Crippen LogP contribution in [0.4, 0.5) is 0 Å². The smallest absolute Gasteiger partial charge is 0.155 e. The molecule has 2 atom stereocenters. The second-order valence-electron chi connectivity index (χ2n) is 5.54. The molecule has 0 saturated heterocycles. The van der Waals surface area contributed by atoms with E-state index < -0.39 is 5.41 Å². The van der Waals surface area contributed by atoms with Crippen molar-refractivity contribution in [3.63, 3.8) is 0 Å². The van der Waals surface area contributed by atoms with E-state index in [4.69, 9.17) is 0 Å². The molecule has 1 aliphatic rings. The minimum Gasteiger partial charge on any atom is -0.298 e. The van der Waals surface area contributed by atoms with Crippen LogP contribution in [0.25, 0.3) is 0 Å². The van der Waals surface area contributed by atoms with Crippen LogP contribution in [-0.4, -0.2) is 5.78 Å². The van der Waals surface area contributed by atoms with Gasteiger partial charge in [-0.2, -0.15) is 0 Å². The summed E-state index contributed by atoms with van der Waals surface area (Å²) in [5.74, 6) is 0.418. The average Bonchev–Trinajstić information content (AvgIpc) is 2.76. The lowest BCUT2D eigenvalue weighted by Gasteiger charge is -2.28. The fraction of sp³-hybridized carbons (Fsp3) is 0.316. The van der Waals surface area contributed by atoms with Crippen LogP contribution in [0, 0.1) is 0 Å². The zero-order chi connectivity index (χ0) is 14.2. The zero-order valence-corrected chi connectivity index (χ0v) is 12.1. The maximum absolute atomic E-state index is 13.1. The van der Waals surface area contributed by atoms with Gasteiger partial charge in [0.1, 0.15) is 0 Å². The Kier molecular flexibility index (Phi) is 3.21. The van der Waals surface area contributed by atoms with Crippen molar-refractivity contribution in [2.75, 3.05) is 0 Å². The summed E-state index contributed by atoms with van der Waals surface area (Å²) >= 11 is 0. The van der Waals surface area contributed by atoms with Gasteiger partial charge in [0.2, 0.25) is 0 Å². The number of ketones is 1. The molecule has 1 aliphatic carbocycles. The molecule has 0 N–H and O–H groups in total. The Morgan fingerprint density at radius 3 is 2.25 bits per heavy atom. The molecule has 0 radical (unpaired) electrons. The first-order valence-electron chi connectivity index (χ1n) is 7.45. The van der Waals surface area contributed by atoms with Crippen molar-refractivity contribution in [2.45, 2.75) is 38.0 Å². The van der Waals surface area contributed by atoms with Gasteiger partial charge in [-0.05, 0) is 29.5 Å². The van der Waals surface area contributed by atoms with Gasteiger partial charge in [0, 0.05) is 5.92 Å². The number of hydrogen-bond acceptors (Lipinski definition) is 1. The van der Waals surface area contributed by atoms with E-state index in [9.17, 15) is 4.79 Å². The lowest BCUT2D eigenvalue weighted by molar-refractivity contribution is -0.123. The van der Waals surface area contributed by atoms with Gasteiger partial charge in [0.25, 0.3) is 0 Å². The van der Waals surface area contributed by atoms with Crippen LogP contribution in [0.2, 0.25) is 0 Å². The van der Waals surface area contributed by atoms with E-state index >= 15 is 0 Å². The summed E-state index contributed by atoms with van der Waals surface area (Å²) in [5, 5.41) is 0. The molecule has 2 aromatic rings. The van der Waals surface area contributed by atoms with Gasteiger partial charge in [-0.25, -0.2) is 0 Å². The number of carbonyl (C=O) groups is 1. The fourth-order valence-corrected chi connectivity index (χ4v) is 3.76. The number of fused-ring (bicyclic) bond motifs is 1. The van der Waals surface area contributed by atoms with E-state index in [2.05, 4.69) is 44.2 Å². The van der Waals surface area contributed by atoms with E-state index in [1.54, 1.807) is 0 Å². The number of benzene rings is 2. The summed E-state index contributed by atoms with van der Waals surface area (Å²) in [6.45, 7) is 4.23. The van der Waals surface area contributed by atoms with E-state index in [1.165, 1.54) is 11.1 Å². The van der Waals surface area contributed by atoms with E-state index in [1.807, 2.05) is 24.3 Å². The molecule has 1 heteroatoms. The van der Waals surface area contributed by atoms with E-state index in [0.717, 1.165) is 18.4 Å². The van der Waals surface area contributed by atoms with Gasteiger partial charge in [-0.1, -0.05) is 68.4 Å². The van der Waals surface area contributed by atoms with E-state index in [0.29, 0.717) is 5.78 Å². The maximum Gasteiger partial charge on any atom is 0.155 e. The lowest BCUT2D eigenvalue weighted by Crippen LogP contribution is -2.33. The largest absolute Gasteiger partial charge is 0.298 e. The lowest BCUT2D eigenvalue weighted by atomic mass is 9.72. The van der Waals surface area contributed by atoms with Crippen molar-refractivity contribution in [1.82, 2.24) is 0 Å². The second kappa shape index (κ2) is 4.90. The number of carbonyl (C=O) groups excluding carboxylic acids is 1. The molecule has 0 fully saturated rings. The van der Waals surface area contributed by atoms with Crippen LogP contribution in [0.5, 0.6) is 0 Å². The number of rotatable bonds is 3. The predicted octanol–water partition coefficient (Wildman–Crippen LogP) is 4.46. The molecule has 2 aromatic carbocycles. The van der Waals surface area contributed by atoms with Gasteiger partial charge < -0.3 is 0 Å². The third-order valence-corrected chi connectivity index (χ3v) is 4.74. The van der Waals surface area contributed by atoms with Crippen molar-refractivity contribution >= 4 is 5.78 Å². The average molecular weight is 264 g/mol. The Hall–Kier alpha value is -1.89. The Labute approximate surface area is 120 Å². The van der Waals surface area contributed by atoms with Crippen LogP contribution in [0.15, 0.2) is 54.6 Å². The Balaban J connectivity index is 2.29. The highest BCUT2D eigenvalue weighted by Gasteiger charge is 2.50. The van der Waals surface area contributed by atoms with Gasteiger partial charge in [0.15, 0.2) is 5.78 Å². The summed E-state index contributed by atoms with van der Waals surface area (Å²) < 4.78 is 0. The predicted molar refractivity (Wildman–Crippen MR) is 82.0 cm³/mol. The van der Waals surface area contributed by atoms with Crippen molar-refractivity contribution in [1.29, 1.82) is 0 Å². The topological polar surface area (TPSA) is 17.1 Å². The van der Waals surface area contributed by atoms with Crippen molar-refractivity contribution in [3.8, 4) is 0 Å². The van der Waals surface area contributed by atoms with Gasteiger partial charge >= 0.3 is 0 Å². The molecule has 3 rings (SSSR count). The molecule has 20 heavy (non-hydrogen) atoms. The third-order valence-electron chi connectivity index (χ3n) is 4.74. The highest BCUT2D eigenvalue weighted by atomic mass is 16.1. The highest BCUT2D eigenvalue weighted by Crippen LogP contribution is 2.50. The summed E-state index contributed by atoms with van der Waals surface area (Å²) in [6.07, 6.45) is 1.70. The first-order valence-corrected chi connectivity index (χ1v) is 7.45. The van der Waals surface area contributed by atoms with Crippen molar-refractivity contribution < 1.29 is 4.79 Å². The number of Topliss-reactive ketones (excluding diaryl/α,β-unsaturated/α-hetero) is 1.